The summed E-state index contributed by atoms with van der Waals surface area (Å²) in [5.41, 5.74) is 6.94. The first-order valence-electron chi connectivity index (χ1n) is 12.8. The summed E-state index contributed by atoms with van der Waals surface area (Å²) in [5.74, 6) is -0.694. The van der Waals surface area contributed by atoms with Gasteiger partial charge in [0, 0.05) is 57.7 Å². The van der Waals surface area contributed by atoms with Gasteiger partial charge in [0.2, 0.25) is 0 Å². The van der Waals surface area contributed by atoms with Crippen molar-refractivity contribution < 1.29 is 14.6 Å². The van der Waals surface area contributed by atoms with Crippen molar-refractivity contribution in [3.63, 3.8) is 0 Å². The molecule has 0 aliphatic rings. The Hall–Kier alpha value is -5.61. The van der Waals surface area contributed by atoms with Crippen molar-refractivity contribution in [2.45, 2.75) is 6.23 Å². The largest absolute Gasteiger partial charge is 0.508 e. The molecular formula is C31H22FN7O2. The number of aromatic amines is 2. The summed E-state index contributed by atoms with van der Waals surface area (Å²) in [6.07, 6.45) is 7.57. The number of pyridine rings is 3. The van der Waals surface area contributed by atoms with E-state index in [9.17, 15) is 14.6 Å². The molecule has 41 heavy (non-hydrogen) atoms. The van der Waals surface area contributed by atoms with Crippen LogP contribution in [0.15, 0.2) is 97.7 Å². The van der Waals surface area contributed by atoms with Crippen LogP contribution in [0.25, 0.3) is 55.6 Å². The molecule has 1 unspecified atom stereocenters. The van der Waals surface area contributed by atoms with Gasteiger partial charge in [-0.15, -0.1) is 0 Å². The summed E-state index contributed by atoms with van der Waals surface area (Å²) in [7, 11) is 0. The number of fused-ring (bicyclic) bond motifs is 2. The van der Waals surface area contributed by atoms with E-state index in [4.69, 9.17) is 0 Å². The second-order valence-corrected chi connectivity index (χ2v) is 9.64. The number of rotatable bonds is 6. The molecule has 5 aromatic heterocycles. The minimum atomic E-state index is -0.882. The predicted octanol–water partition coefficient (Wildman–Crippen LogP) is 6.18. The molecule has 1 atom stereocenters. The molecule has 0 aliphatic carbocycles. The number of aromatic hydroxyl groups is 1. The van der Waals surface area contributed by atoms with E-state index in [-0.39, 0.29) is 5.75 Å². The number of benzene rings is 2. The Kier molecular flexibility index (Phi) is 5.87. The van der Waals surface area contributed by atoms with E-state index in [1.807, 2.05) is 48.5 Å². The van der Waals surface area contributed by atoms with Crippen LogP contribution in [-0.2, 0) is 0 Å². The zero-order chi connectivity index (χ0) is 27.9. The maximum Gasteiger partial charge on any atom is 0.155 e. The van der Waals surface area contributed by atoms with Crippen molar-refractivity contribution in [1.29, 1.82) is 0 Å². The van der Waals surface area contributed by atoms with E-state index in [1.165, 1.54) is 12.1 Å². The number of nitrogens with one attached hydrogen (secondary N) is 3. The van der Waals surface area contributed by atoms with Crippen molar-refractivity contribution in [3.8, 4) is 39.4 Å². The number of hydrogen-bond acceptors (Lipinski definition) is 7. The SMILES string of the molecule is Oc1cc(F)cc(-c2cncc3[nH]c(-c4n[nH]c5ncc(-c6cncc(NC(O)c7ccccc7)c6)cc45)cc23)c1. The number of hydrogen-bond donors (Lipinski definition) is 5. The van der Waals surface area contributed by atoms with Gasteiger partial charge in [0.25, 0.3) is 0 Å². The second-order valence-electron chi connectivity index (χ2n) is 9.64. The first kappa shape index (κ1) is 24.4. The average molecular weight is 544 g/mol. The van der Waals surface area contributed by atoms with Crippen LogP contribution in [0.3, 0.4) is 0 Å². The fourth-order valence-electron chi connectivity index (χ4n) is 4.96. The zero-order valence-corrected chi connectivity index (χ0v) is 21.4. The Morgan fingerprint density at radius 3 is 2.49 bits per heavy atom. The quantitative estimate of drug-likeness (QED) is 0.158. The Balaban J connectivity index is 1.25. The molecule has 0 spiro atoms. The highest BCUT2D eigenvalue weighted by Gasteiger charge is 2.16. The van der Waals surface area contributed by atoms with E-state index >= 15 is 0 Å². The smallest absolute Gasteiger partial charge is 0.155 e. The molecule has 9 nitrogen and oxygen atoms in total. The molecule has 200 valence electrons. The van der Waals surface area contributed by atoms with E-state index in [1.54, 1.807) is 31.0 Å². The molecule has 0 amide bonds. The summed E-state index contributed by atoms with van der Waals surface area (Å²) in [6, 6.07) is 19.1. The minimum Gasteiger partial charge on any atom is -0.508 e. The number of halogens is 1. The third-order valence-electron chi connectivity index (χ3n) is 6.90. The highest BCUT2D eigenvalue weighted by molar-refractivity contribution is 6.00. The van der Waals surface area contributed by atoms with Gasteiger partial charge in [0.05, 0.1) is 29.3 Å². The normalized spacial score (nSPS) is 12.1. The van der Waals surface area contributed by atoms with Crippen molar-refractivity contribution in [2.24, 2.45) is 0 Å². The van der Waals surface area contributed by atoms with Gasteiger partial charge in [-0.25, -0.2) is 9.37 Å². The molecule has 10 heteroatoms. The van der Waals surface area contributed by atoms with Gasteiger partial charge >= 0.3 is 0 Å². The van der Waals surface area contributed by atoms with Crippen LogP contribution in [0.1, 0.15) is 11.8 Å². The monoisotopic (exact) mass is 543 g/mol. The first-order chi connectivity index (χ1) is 20.0. The van der Waals surface area contributed by atoms with Gasteiger partial charge in [-0.05, 0) is 35.9 Å². The lowest BCUT2D eigenvalue weighted by molar-refractivity contribution is 0.208. The fraction of sp³-hybridized carbons (Fsp3) is 0.0323. The maximum atomic E-state index is 14.0. The molecule has 0 saturated heterocycles. The Labute approximate surface area is 232 Å². The molecule has 0 bridgehead atoms. The average Bonchev–Trinajstić information content (AvgIpc) is 3.61. The first-order valence-corrected chi connectivity index (χ1v) is 12.8. The third kappa shape index (κ3) is 4.62. The molecule has 7 rings (SSSR count). The van der Waals surface area contributed by atoms with Gasteiger partial charge in [-0.3, -0.25) is 15.1 Å². The Bertz CT molecular complexity index is 2020. The van der Waals surface area contributed by atoms with Crippen LogP contribution in [0.5, 0.6) is 5.75 Å². The summed E-state index contributed by atoms with van der Waals surface area (Å²) in [6.45, 7) is 0. The van der Waals surface area contributed by atoms with E-state index in [0.29, 0.717) is 28.2 Å². The zero-order valence-electron chi connectivity index (χ0n) is 21.4. The number of H-pyrrole nitrogens is 2. The number of nitrogens with zero attached hydrogens (tertiary/aromatic N) is 4. The van der Waals surface area contributed by atoms with Crippen LogP contribution >= 0.6 is 0 Å². The molecule has 0 aliphatic heterocycles. The lowest BCUT2D eigenvalue weighted by atomic mass is 10.0. The Morgan fingerprint density at radius 2 is 1.63 bits per heavy atom. The van der Waals surface area contributed by atoms with Crippen molar-refractivity contribution in [2.75, 3.05) is 5.32 Å². The fourth-order valence-corrected chi connectivity index (χ4v) is 4.96. The molecule has 2 aromatic carbocycles. The number of aromatic nitrogens is 6. The van der Waals surface area contributed by atoms with E-state index in [2.05, 4.69) is 35.5 Å². The highest BCUT2D eigenvalue weighted by atomic mass is 19.1. The predicted molar refractivity (Wildman–Crippen MR) is 154 cm³/mol. The van der Waals surface area contributed by atoms with Gasteiger partial charge in [0.1, 0.15) is 17.3 Å². The van der Waals surface area contributed by atoms with E-state index < -0.39 is 12.0 Å². The third-order valence-corrected chi connectivity index (χ3v) is 6.90. The second kappa shape index (κ2) is 9.85. The maximum absolute atomic E-state index is 14.0. The van der Waals surface area contributed by atoms with Crippen LogP contribution in [0, 0.1) is 5.82 Å². The molecule has 5 heterocycles. The topological polar surface area (TPSA) is 136 Å². The lowest BCUT2D eigenvalue weighted by Crippen LogP contribution is -2.09. The molecule has 0 fully saturated rings. The van der Waals surface area contributed by atoms with Gasteiger partial charge in [-0.1, -0.05) is 30.3 Å². The number of anilines is 1. The highest BCUT2D eigenvalue weighted by Crippen LogP contribution is 2.35. The summed E-state index contributed by atoms with van der Waals surface area (Å²) >= 11 is 0. The molecule has 0 saturated carbocycles. The number of phenols is 1. The molecule has 0 radical (unpaired) electrons. The lowest BCUT2D eigenvalue weighted by Gasteiger charge is -2.15. The minimum absolute atomic E-state index is 0.159. The van der Waals surface area contributed by atoms with Crippen molar-refractivity contribution in [1.82, 2.24) is 30.1 Å². The van der Waals surface area contributed by atoms with Crippen LogP contribution < -0.4 is 5.32 Å². The van der Waals surface area contributed by atoms with Gasteiger partial charge in [-0.2, -0.15) is 5.10 Å². The standard InChI is InChI=1S/C31H22FN7O2/c32-21-6-18(8-23(40)10-21)26-15-34-16-28-24(26)11-27(37-28)29-25-9-20(13-35-30(25)39-38-29)19-7-22(14-33-12-19)36-31(41)17-4-2-1-3-5-17/h1-16,31,36-37,40-41H,(H,35,38,39). The summed E-state index contributed by atoms with van der Waals surface area (Å²) in [4.78, 5) is 16.6. The summed E-state index contributed by atoms with van der Waals surface area (Å²) in [5, 5.41) is 32.7. The van der Waals surface area contributed by atoms with Gasteiger partial charge < -0.3 is 20.5 Å². The van der Waals surface area contributed by atoms with Crippen molar-refractivity contribution in [3.05, 3.63) is 109 Å². The summed E-state index contributed by atoms with van der Waals surface area (Å²) < 4.78 is 14.0. The van der Waals surface area contributed by atoms with Crippen LogP contribution in [-0.4, -0.2) is 40.3 Å². The van der Waals surface area contributed by atoms with E-state index in [0.717, 1.165) is 44.7 Å². The van der Waals surface area contributed by atoms with Gasteiger partial charge in [0.15, 0.2) is 11.9 Å². The molecule has 7 aromatic rings. The number of aliphatic hydroxyl groups excluding tert-OH is 1. The number of phenolic OH excluding ortho intramolecular Hbond substituents is 1. The van der Waals surface area contributed by atoms with Crippen molar-refractivity contribution >= 4 is 27.6 Å². The number of aliphatic hydroxyl groups is 1. The van der Waals surface area contributed by atoms with Crippen LogP contribution in [0.2, 0.25) is 0 Å². The molecular weight excluding hydrogens is 521 g/mol. The Morgan fingerprint density at radius 1 is 0.805 bits per heavy atom. The van der Waals surface area contributed by atoms with Crippen LogP contribution in [0.4, 0.5) is 10.1 Å². The molecule has 5 N–H and O–H groups in total.